The highest BCUT2D eigenvalue weighted by molar-refractivity contribution is 6.22. The number of aromatic nitrogens is 4. The van der Waals surface area contributed by atoms with Crippen molar-refractivity contribution < 1.29 is 0 Å². The first-order chi connectivity index (χ1) is 27.2. The number of benzene rings is 9. The highest BCUT2D eigenvalue weighted by Crippen LogP contribution is 2.40. The van der Waals surface area contributed by atoms with Crippen molar-refractivity contribution in [1.29, 1.82) is 0 Å². The molecule has 0 atom stereocenters. The van der Waals surface area contributed by atoms with Gasteiger partial charge in [0.25, 0.3) is 0 Å². The van der Waals surface area contributed by atoms with Crippen molar-refractivity contribution in [2.45, 2.75) is 0 Å². The van der Waals surface area contributed by atoms with Gasteiger partial charge in [-0.1, -0.05) is 158 Å². The highest BCUT2D eigenvalue weighted by atomic mass is 15.0. The van der Waals surface area contributed by atoms with Crippen molar-refractivity contribution in [2.75, 3.05) is 0 Å². The molecule has 4 nitrogen and oxygen atoms in total. The van der Waals surface area contributed by atoms with Crippen LogP contribution in [0.1, 0.15) is 0 Å². The second-order valence-electron chi connectivity index (χ2n) is 14.1. The van der Waals surface area contributed by atoms with Crippen LogP contribution >= 0.6 is 0 Å². The van der Waals surface area contributed by atoms with E-state index in [-0.39, 0.29) is 0 Å². The number of fused-ring (bicyclic) bond motifs is 8. The van der Waals surface area contributed by atoms with Crippen molar-refractivity contribution in [3.05, 3.63) is 194 Å². The van der Waals surface area contributed by atoms with Crippen molar-refractivity contribution in [3.63, 3.8) is 0 Å². The molecule has 0 unspecified atom stereocenters. The average Bonchev–Trinajstić information content (AvgIpc) is 3.61. The Morgan fingerprint density at radius 1 is 0.291 bits per heavy atom. The van der Waals surface area contributed by atoms with Gasteiger partial charge in [0, 0.05) is 33.2 Å². The minimum absolute atomic E-state index is 0.643. The van der Waals surface area contributed by atoms with Crippen LogP contribution in [0, 0.1) is 0 Å². The zero-order valence-corrected chi connectivity index (χ0v) is 29.8. The lowest BCUT2D eigenvalue weighted by molar-refractivity contribution is 1.07. The third kappa shape index (κ3) is 5.26. The normalized spacial score (nSPS) is 11.6. The van der Waals surface area contributed by atoms with Crippen LogP contribution in [0.5, 0.6) is 0 Å². The molecule has 9 aromatic carbocycles. The maximum absolute atomic E-state index is 5.00. The van der Waals surface area contributed by atoms with E-state index in [1.807, 2.05) is 60.7 Å². The minimum Gasteiger partial charge on any atom is -0.309 e. The van der Waals surface area contributed by atoms with E-state index in [1.165, 1.54) is 54.1 Å². The Labute approximate surface area is 317 Å². The van der Waals surface area contributed by atoms with E-state index in [0.29, 0.717) is 17.5 Å². The molecule has 0 saturated carbocycles. The molecule has 0 bridgehead atoms. The maximum Gasteiger partial charge on any atom is 0.164 e. The van der Waals surface area contributed by atoms with Gasteiger partial charge in [0.1, 0.15) is 0 Å². The Balaban J connectivity index is 1.07. The fourth-order valence-electron chi connectivity index (χ4n) is 8.15. The average molecular weight is 701 g/mol. The van der Waals surface area contributed by atoms with Crippen LogP contribution in [0.4, 0.5) is 0 Å². The van der Waals surface area contributed by atoms with Crippen LogP contribution in [0.3, 0.4) is 0 Å². The maximum atomic E-state index is 5.00. The molecule has 0 aliphatic heterocycles. The quantitative estimate of drug-likeness (QED) is 0.168. The molecule has 55 heavy (non-hydrogen) atoms. The predicted octanol–water partition coefficient (Wildman–Crippen LogP) is 13.1. The molecule has 0 spiro atoms. The van der Waals surface area contributed by atoms with Gasteiger partial charge in [0.15, 0.2) is 17.5 Å². The molecule has 2 heterocycles. The van der Waals surface area contributed by atoms with Crippen LogP contribution in [-0.2, 0) is 0 Å². The van der Waals surface area contributed by atoms with Gasteiger partial charge < -0.3 is 4.57 Å². The smallest absolute Gasteiger partial charge is 0.164 e. The minimum atomic E-state index is 0.643. The van der Waals surface area contributed by atoms with Crippen LogP contribution < -0.4 is 0 Å². The van der Waals surface area contributed by atoms with Gasteiger partial charge in [-0.15, -0.1) is 0 Å². The van der Waals surface area contributed by atoms with Crippen LogP contribution in [0.2, 0.25) is 0 Å². The largest absolute Gasteiger partial charge is 0.309 e. The zero-order valence-electron chi connectivity index (χ0n) is 29.8. The van der Waals surface area contributed by atoms with E-state index >= 15 is 0 Å². The fourth-order valence-corrected chi connectivity index (χ4v) is 8.15. The van der Waals surface area contributed by atoms with Crippen molar-refractivity contribution in [3.8, 4) is 51.0 Å². The summed E-state index contributed by atoms with van der Waals surface area (Å²) in [7, 11) is 0. The first-order valence-corrected chi connectivity index (χ1v) is 18.6. The molecule has 11 aromatic rings. The Kier molecular flexibility index (Phi) is 7.14. The second kappa shape index (κ2) is 12.6. The number of hydrogen-bond acceptors (Lipinski definition) is 3. The van der Waals surface area contributed by atoms with Crippen molar-refractivity contribution >= 4 is 54.1 Å². The van der Waals surface area contributed by atoms with Gasteiger partial charge in [-0.25, -0.2) is 15.0 Å². The summed E-state index contributed by atoms with van der Waals surface area (Å²) in [5.41, 5.74) is 8.61. The molecular formula is C51H32N4. The number of para-hydroxylation sites is 1. The highest BCUT2D eigenvalue weighted by Gasteiger charge is 2.17. The van der Waals surface area contributed by atoms with Gasteiger partial charge in [0.05, 0.1) is 11.0 Å². The third-order valence-corrected chi connectivity index (χ3v) is 10.8. The van der Waals surface area contributed by atoms with Crippen molar-refractivity contribution in [2.24, 2.45) is 0 Å². The summed E-state index contributed by atoms with van der Waals surface area (Å²) in [6.07, 6.45) is 0. The third-order valence-electron chi connectivity index (χ3n) is 10.8. The lowest BCUT2D eigenvalue weighted by Crippen LogP contribution is -2.00. The molecule has 0 radical (unpaired) electrons. The lowest BCUT2D eigenvalue weighted by Gasteiger charge is -2.12. The molecule has 4 heteroatoms. The predicted molar refractivity (Wildman–Crippen MR) is 228 cm³/mol. The van der Waals surface area contributed by atoms with Crippen LogP contribution in [-0.4, -0.2) is 19.5 Å². The topological polar surface area (TPSA) is 43.6 Å². The first kappa shape index (κ1) is 31.1. The van der Waals surface area contributed by atoms with Crippen molar-refractivity contribution in [1.82, 2.24) is 19.5 Å². The van der Waals surface area contributed by atoms with Gasteiger partial charge in [-0.3, -0.25) is 0 Å². The Bertz CT molecular complexity index is 3200. The van der Waals surface area contributed by atoms with Gasteiger partial charge in [-0.2, -0.15) is 0 Å². The molecule has 11 rings (SSSR count). The lowest BCUT2D eigenvalue weighted by atomic mass is 9.97. The van der Waals surface area contributed by atoms with E-state index in [2.05, 4.69) is 138 Å². The second-order valence-corrected chi connectivity index (χ2v) is 14.1. The molecule has 0 amide bonds. The molecule has 256 valence electrons. The molecule has 0 aliphatic rings. The Hall–Kier alpha value is -7.43. The molecule has 0 saturated heterocycles. The summed E-state index contributed by atoms with van der Waals surface area (Å²) in [4.78, 5) is 14.9. The summed E-state index contributed by atoms with van der Waals surface area (Å²) in [6, 6.07) is 68.9. The summed E-state index contributed by atoms with van der Waals surface area (Å²) < 4.78 is 2.42. The van der Waals surface area contributed by atoms with Gasteiger partial charge in [0.2, 0.25) is 0 Å². The number of nitrogens with zero attached hydrogens (tertiary/aromatic N) is 4. The Morgan fingerprint density at radius 3 is 1.58 bits per heavy atom. The van der Waals surface area contributed by atoms with Crippen LogP contribution in [0.25, 0.3) is 105 Å². The van der Waals surface area contributed by atoms with E-state index in [4.69, 9.17) is 15.0 Å². The summed E-state index contributed by atoms with van der Waals surface area (Å²) >= 11 is 0. The monoisotopic (exact) mass is 700 g/mol. The number of rotatable bonds is 5. The number of hydrogen-bond donors (Lipinski definition) is 0. The molecule has 0 fully saturated rings. The fraction of sp³-hybridized carbons (Fsp3) is 0. The van der Waals surface area contributed by atoms with Gasteiger partial charge >= 0.3 is 0 Å². The molecule has 0 N–H and O–H groups in total. The van der Waals surface area contributed by atoms with E-state index < -0.39 is 0 Å². The zero-order chi connectivity index (χ0) is 36.3. The molecule has 2 aromatic heterocycles. The van der Waals surface area contributed by atoms with Gasteiger partial charge in [-0.05, 0) is 79.8 Å². The van der Waals surface area contributed by atoms with Crippen LogP contribution in [0.15, 0.2) is 194 Å². The Morgan fingerprint density at radius 2 is 0.818 bits per heavy atom. The standard InChI is InChI=1S/C51H32N4/c1-3-13-36(14-4-1)49-52-50(37-15-5-2-6-16-37)54-51(53-49)40-18-11-17-38(30-40)39-25-24-35-27-29-47-48(45(35)31-39)43-20-9-10-21-46(43)55(47)41-28-26-34-23-22-33-12-7-8-19-42(33)44(34)32-41/h1-32H. The summed E-state index contributed by atoms with van der Waals surface area (Å²) in [5, 5.41) is 9.93. The molecule has 0 aliphatic carbocycles. The van der Waals surface area contributed by atoms with E-state index in [1.54, 1.807) is 0 Å². The SMILES string of the molecule is c1ccc(-c2nc(-c3ccccc3)nc(-c3cccc(-c4ccc5ccc6c(c5c4)c4ccccc4n6-c4ccc5ccc6ccccc6c5c4)c3)n2)cc1. The summed E-state index contributed by atoms with van der Waals surface area (Å²) in [5.74, 6) is 1.95. The van der Waals surface area contributed by atoms with E-state index in [9.17, 15) is 0 Å². The van der Waals surface area contributed by atoms with E-state index in [0.717, 1.165) is 33.5 Å². The molecular weight excluding hydrogens is 669 g/mol. The first-order valence-electron chi connectivity index (χ1n) is 18.6. The summed E-state index contributed by atoms with van der Waals surface area (Å²) in [6.45, 7) is 0.